The van der Waals surface area contributed by atoms with Crippen molar-refractivity contribution in [2.24, 2.45) is 21.8 Å². The van der Waals surface area contributed by atoms with Gasteiger partial charge in [0.1, 0.15) is 0 Å². The highest BCUT2D eigenvalue weighted by atomic mass is 16.1. The number of rotatable bonds is 12. The van der Waals surface area contributed by atoms with Gasteiger partial charge in [0, 0.05) is 24.9 Å². The number of allylic oxidation sites excluding steroid dienone is 8. The lowest BCUT2D eigenvalue weighted by atomic mass is 9.83. The minimum atomic E-state index is -0.0298. The van der Waals surface area contributed by atoms with Gasteiger partial charge in [0.25, 0.3) is 0 Å². The molecule has 37 heavy (non-hydrogen) atoms. The summed E-state index contributed by atoms with van der Waals surface area (Å²) in [6.07, 6.45) is 16.7. The fourth-order valence-electron chi connectivity index (χ4n) is 5.22. The fraction of sp³-hybridized carbons (Fsp3) is 0.606. The largest absolute Gasteiger partial charge is 0.300 e. The van der Waals surface area contributed by atoms with Crippen LogP contribution in [0.1, 0.15) is 93.4 Å². The zero-order valence-corrected chi connectivity index (χ0v) is 24.9. The maximum Gasteiger partial charge on any atom is 0.154 e. The number of piperidine rings is 1. The van der Waals surface area contributed by atoms with Crippen molar-refractivity contribution in [3.05, 3.63) is 58.9 Å². The average Bonchev–Trinajstić information content (AvgIpc) is 2.86. The Morgan fingerprint density at radius 1 is 1.03 bits per heavy atom. The zero-order valence-electron chi connectivity index (χ0n) is 24.9. The van der Waals surface area contributed by atoms with Gasteiger partial charge in [0.2, 0.25) is 0 Å². The fourth-order valence-corrected chi connectivity index (χ4v) is 5.22. The first-order chi connectivity index (χ1) is 17.6. The summed E-state index contributed by atoms with van der Waals surface area (Å²) in [4.78, 5) is 24.6. The van der Waals surface area contributed by atoms with Crippen LogP contribution in [0.4, 0.5) is 0 Å². The van der Waals surface area contributed by atoms with Gasteiger partial charge in [0.05, 0.1) is 11.4 Å². The van der Waals surface area contributed by atoms with Gasteiger partial charge in [-0.2, -0.15) is 0 Å². The number of aliphatic imine (C=N–C) groups is 2. The van der Waals surface area contributed by atoms with Gasteiger partial charge in [-0.1, -0.05) is 51.5 Å². The Balaban J connectivity index is 2.39. The van der Waals surface area contributed by atoms with Crippen molar-refractivity contribution >= 4 is 17.2 Å². The molecule has 2 aliphatic rings. The summed E-state index contributed by atoms with van der Waals surface area (Å²) in [6.45, 7) is 21.0. The SMILES string of the molecule is C=C(CC)/C(C)=C/C(=NC)C(=C/C(C)=O)/N=C(\C(C)=C/C(=C\C)C1CCN(C2CCC2)CC1)C(C)CC. The van der Waals surface area contributed by atoms with E-state index < -0.39 is 0 Å². The van der Waals surface area contributed by atoms with Crippen molar-refractivity contribution in [3.63, 3.8) is 0 Å². The standard InChI is InChI=1S/C33H51N3O/c1-10-23(4)25(6)21-31(34-9)32(22-27(8)37)35-33(24(5)11-2)26(7)20-28(12-3)29-16-18-36(19-17-29)30-14-13-15-30/h12,20-22,24,29-30H,4,10-11,13-19H2,1-3,5-9H3/b25-21+,26-20-,28-12+,32-22-,34-31?,35-33-. The molecule has 0 aromatic heterocycles. The van der Waals surface area contributed by atoms with Gasteiger partial charge >= 0.3 is 0 Å². The molecule has 1 aliphatic carbocycles. The van der Waals surface area contributed by atoms with E-state index in [1.54, 1.807) is 20.0 Å². The van der Waals surface area contributed by atoms with Gasteiger partial charge in [0.15, 0.2) is 5.78 Å². The third kappa shape index (κ3) is 8.88. The number of carbonyl (C=O) groups excluding carboxylic acids is 1. The molecule has 1 aliphatic heterocycles. The lowest BCUT2D eigenvalue weighted by Crippen LogP contribution is -2.44. The van der Waals surface area contributed by atoms with Crippen LogP contribution < -0.4 is 0 Å². The van der Waals surface area contributed by atoms with Crippen molar-refractivity contribution in [3.8, 4) is 0 Å². The molecular formula is C33H51N3O. The average molecular weight is 506 g/mol. The number of likely N-dealkylation sites (tertiary alicyclic amines) is 1. The summed E-state index contributed by atoms with van der Waals surface area (Å²) in [6, 6.07) is 0.838. The van der Waals surface area contributed by atoms with Gasteiger partial charge in [-0.15, -0.1) is 0 Å². The van der Waals surface area contributed by atoms with E-state index in [-0.39, 0.29) is 11.7 Å². The Morgan fingerprint density at radius 3 is 2.14 bits per heavy atom. The highest BCUT2D eigenvalue weighted by Gasteiger charge is 2.29. The molecule has 1 heterocycles. The highest BCUT2D eigenvalue weighted by Crippen LogP contribution is 2.32. The van der Waals surface area contributed by atoms with Gasteiger partial charge in [-0.05, 0) is 114 Å². The third-order valence-corrected chi connectivity index (χ3v) is 8.21. The van der Waals surface area contributed by atoms with Crippen molar-refractivity contribution in [1.29, 1.82) is 0 Å². The summed E-state index contributed by atoms with van der Waals surface area (Å²) >= 11 is 0. The molecule has 2 rings (SSSR count). The molecular weight excluding hydrogens is 454 g/mol. The lowest BCUT2D eigenvalue weighted by molar-refractivity contribution is -0.112. The summed E-state index contributed by atoms with van der Waals surface area (Å²) < 4.78 is 0. The quantitative estimate of drug-likeness (QED) is 0.153. The second-order valence-corrected chi connectivity index (χ2v) is 10.9. The number of ketones is 1. The topological polar surface area (TPSA) is 45.0 Å². The minimum absolute atomic E-state index is 0.0298. The smallest absolute Gasteiger partial charge is 0.154 e. The van der Waals surface area contributed by atoms with Crippen LogP contribution in [0.2, 0.25) is 0 Å². The van der Waals surface area contributed by atoms with Crippen LogP contribution in [0, 0.1) is 11.8 Å². The van der Waals surface area contributed by atoms with Crippen LogP contribution in [0.25, 0.3) is 0 Å². The lowest BCUT2D eigenvalue weighted by Gasteiger charge is -2.42. The number of hydrogen-bond acceptors (Lipinski definition) is 4. The molecule has 0 aromatic rings. The molecule has 204 valence electrons. The molecule has 0 bridgehead atoms. The van der Waals surface area contributed by atoms with Crippen molar-refractivity contribution in [2.75, 3.05) is 20.1 Å². The second-order valence-electron chi connectivity index (χ2n) is 10.9. The molecule has 0 spiro atoms. The van der Waals surface area contributed by atoms with Crippen molar-refractivity contribution in [1.82, 2.24) is 4.90 Å². The molecule has 1 unspecified atom stereocenters. The van der Waals surface area contributed by atoms with Crippen LogP contribution in [0.5, 0.6) is 0 Å². The van der Waals surface area contributed by atoms with Gasteiger partial charge in [-0.3, -0.25) is 14.8 Å². The van der Waals surface area contributed by atoms with E-state index in [1.165, 1.54) is 56.3 Å². The minimum Gasteiger partial charge on any atom is -0.300 e. The second kappa shape index (κ2) is 15.2. The molecule has 0 N–H and O–H groups in total. The molecule has 1 saturated carbocycles. The summed E-state index contributed by atoms with van der Waals surface area (Å²) in [5, 5.41) is 0. The summed E-state index contributed by atoms with van der Waals surface area (Å²) in [7, 11) is 1.76. The Kier molecular flexibility index (Phi) is 12.7. The number of hydrogen-bond donors (Lipinski definition) is 0. The van der Waals surface area contributed by atoms with E-state index in [0.717, 1.165) is 35.7 Å². The van der Waals surface area contributed by atoms with E-state index in [4.69, 9.17) is 4.99 Å². The first-order valence-electron chi connectivity index (χ1n) is 14.4. The first kappa shape index (κ1) is 30.9. The molecule has 2 fully saturated rings. The monoisotopic (exact) mass is 505 g/mol. The third-order valence-electron chi connectivity index (χ3n) is 8.21. The molecule has 1 saturated heterocycles. The Labute approximate surface area is 227 Å². The predicted molar refractivity (Wildman–Crippen MR) is 162 cm³/mol. The summed E-state index contributed by atoms with van der Waals surface area (Å²) in [5.74, 6) is 0.830. The molecule has 0 radical (unpaired) electrons. The number of nitrogens with zero attached hydrogens (tertiary/aromatic N) is 3. The number of carbonyl (C=O) groups is 1. The van der Waals surface area contributed by atoms with E-state index >= 15 is 0 Å². The maximum absolute atomic E-state index is 12.2. The van der Waals surface area contributed by atoms with E-state index in [9.17, 15) is 4.79 Å². The van der Waals surface area contributed by atoms with E-state index in [1.807, 2.05) is 13.0 Å². The predicted octanol–water partition coefficient (Wildman–Crippen LogP) is 8.09. The van der Waals surface area contributed by atoms with E-state index in [2.05, 4.69) is 63.2 Å². The van der Waals surface area contributed by atoms with Crippen LogP contribution in [0.3, 0.4) is 0 Å². The van der Waals surface area contributed by atoms with Crippen molar-refractivity contribution in [2.45, 2.75) is 99.5 Å². The first-order valence-corrected chi connectivity index (χ1v) is 14.4. The Bertz CT molecular complexity index is 993. The van der Waals surface area contributed by atoms with Crippen LogP contribution >= 0.6 is 0 Å². The maximum atomic E-state index is 12.2. The van der Waals surface area contributed by atoms with Crippen LogP contribution in [0.15, 0.2) is 68.9 Å². The van der Waals surface area contributed by atoms with Gasteiger partial charge < -0.3 is 4.90 Å². The highest BCUT2D eigenvalue weighted by molar-refractivity contribution is 6.14. The Hall–Kier alpha value is -2.33. The van der Waals surface area contributed by atoms with Crippen LogP contribution in [-0.2, 0) is 4.79 Å². The molecule has 1 atom stereocenters. The van der Waals surface area contributed by atoms with Gasteiger partial charge in [-0.25, -0.2) is 0 Å². The normalized spacial score (nSPS) is 21.2. The Morgan fingerprint density at radius 2 is 1.68 bits per heavy atom. The van der Waals surface area contributed by atoms with Crippen LogP contribution in [-0.4, -0.2) is 48.3 Å². The molecule has 4 nitrogen and oxygen atoms in total. The molecule has 0 aromatic carbocycles. The molecule has 4 heteroatoms. The molecule has 0 amide bonds. The zero-order chi connectivity index (χ0) is 27.5. The summed E-state index contributed by atoms with van der Waals surface area (Å²) in [5.41, 5.74) is 7.08. The van der Waals surface area contributed by atoms with E-state index in [0.29, 0.717) is 17.3 Å². The van der Waals surface area contributed by atoms with Crippen molar-refractivity contribution < 1.29 is 4.79 Å².